The zero-order chi connectivity index (χ0) is 30.6. The predicted molar refractivity (Wildman–Crippen MR) is 161 cm³/mol. The van der Waals surface area contributed by atoms with Crippen molar-refractivity contribution in [1.82, 2.24) is 20.2 Å². The summed E-state index contributed by atoms with van der Waals surface area (Å²) < 4.78 is 38.6. The first-order valence-corrected chi connectivity index (χ1v) is 15.8. The minimum absolute atomic E-state index is 0.0368. The van der Waals surface area contributed by atoms with E-state index < -0.39 is 40.4 Å². The van der Waals surface area contributed by atoms with Gasteiger partial charge in [-0.15, -0.1) is 0 Å². The number of pyridine rings is 2. The second-order valence-electron chi connectivity index (χ2n) is 11.2. The Balaban J connectivity index is 1.42. The number of nitrogens with zero attached hydrogens (tertiary/aromatic N) is 3. The molecule has 2 aliphatic rings. The van der Waals surface area contributed by atoms with E-state index in [0.717, 1.165) is 24.8 Å². The Morgan fingerprint density at radius 2 is 1.91 bits per heavy atom. The molecule has 2 aromatic heterocycles. The van der Waals surface area contributed by atoms with Gasteiger partial charge in [-0.25, -0.2) is 14.2 Å². The third-order valence-electron chi connectivity index (χ3n) is 8.04. The van der Waals surface area contributed by atoms with Crippen LogP contribution in [-0.2, 0) is 21.4 Å². The van der Waals surface area contributed by atoms with E-state index in [1.54, 1.807) is 48.8 Å². The summed E-state index contributed by atoms with van der Waals surface area (Å²) >= 11 is 3.50. The van der Waals surface area contributed by atoms with E-state index in [9.17, 15) is 18.4 Å². The van der Waals surface area contributed by atoms with Gasteiger partial charge in [-0.1, -0.05) is 37.4 Å². The zero-order valence-corrected chi connectivity index (χ0v) is 25.2. The number of aromatic nitrogens is 2. The lowest BCUT2D eigenvalue weighted by molar-refractivity contribution is -0.119. The van der Waals surface area contributed by atoms with Gasteiger partial charge in [-0.2, -0.15) is 0 Å². The summed E-state index contributed by atoms with van der Waals surface area (Å²) in [6, 6.07) is 9.84. The molecule has 1 saturated carbocycles. The van der Waals surface area contributed by atoms with E-state index in [1.165, 1.54) is 17.2 Å². The number of nitrogens with one attached hydrogen (secondary N) is 3. The summed E-state index contributed by atoms with van der Waals surface area (Å²) in [5.41, 5.74) is 0.347. The molecule has 5 rings (SSSR count). The van der Waals surface area contributed by atoms with Crippen molar-refractivity contribution in [2.45, 2.75) is 50.6 Å². The highest BCUT2D eigenvalue weighted by Crippen LogP contribution is 2.42. The fourth-order valence-electron chi connectivity index (χ4n) is 5.65. The van der Waals surface area contributed by atoms with Crippen LogP contribution in [-0.4, -0.2) is 54.0 Å². The van der Waals surface area contributed by atoms with Gasteiger partial charge in [-0.05, 0) is 89.7 Å². The Morgan fingerprint density at radius 3 is 2.58 bits per heavy atom. The minimum atomic E-state index is -2.38. The van der Waals surface area contributed by atoms with Gasteiger partial charge < -0.3 is 14.8 Å². The molecule has 1 saturated heterocycles. The fraction of sp³-hybridized carbons (Fsp3) is 0.400. The van der Waals surface area contributed by atoms with Crippen molar-refractivity contribution < 1.29 is 22.7 Å². The number of halogens is 2. The SMILES string of the molecule is C[C@@H]1C[C@H](C(=O)Nc2cc(C(CCC3CC3)(NCS(=O)[O-])c3ccncc3)ccc2F)N(C(=O)Nc2ccc(Cl)cn2)C1. The average molecular weight is 628 g/mol. The molecular formula is C30H33ClFN6O4S-. The van der Waals surface area contributed by atoms with Gasteiger partial charge in [0.25, 0.3) is 0 Å². The topological polar surface area (TPSA) is 139 Å². The van der Waals surface area contributed by atoms with Crippen LogP contribution >= 0.6 is 11.6 Å². The monoisotopic (exact) mass is 627 g/mol. The molecule has 1 aliphatic carbocycles. The van der Waals surface area contributed by atoms with Crippen molar-refractivity contribution in [3.63, 3.8) is 0 Å². The van der Waals surface area contributed by atoms with Crippen LogP contribution in [0.15, 0.2) is 61.1 Å². The smallest absolute Gasteiger partial charge is 0.323 e. The lowest BCUT2D eigenvalue weighted by Gasteiger charge is -2.37. The third kappa shape index (κ3) is 7.56. The lowest BCUT2D eigenvalue weighted by atomic mass is 9.79. The molecule has 2 fully saturated rings. The Kier molecular flexibility index (Phi) is 9.70. The van der Waals surface area contributed by atoms with Crippen LogP contribution in [0.1, 0.15) is 50.2 Å². The lowest BCUT2D eigenvalue weighted by Crippen LogP contribution is -2.46. The number of benzene rings is 1. The number of hydrogen-bond donors (Lipinski definition) is 3. The number of rotatable bonds is 11. The molecule has 0 bridgehead atoms. The molecule has 43 heavy (non-hydrogen) atoms. The van der Waals surface area contributed by atoms with Gasteiger partial charge in [0.05, 0.1) is 22.1 Å². The molecule has 228 valence electrons. The number of urea groups is 1. The second-order valence-corrected chi connectivity index (χ2v) is 12.6. The summed E-state index contributed by atoms with van der Waals surface area (Å²) in [6.45, 7) is 2.27. The molecule has 3 amide bonds. The molecule has 10 nitrogen and oxygen atoms in total. The van der Waals surface area contributed by atoms with Crippen LogP contribution in [0.25, 0.3) is 0 Å². The standard InChI is InChI=1S/C30H34ClFN6O4S/c1-19-14-26(38(17-19)29(40)37-27-7-5-23(31)16-34-27)28(39)36-25-15-22(4-6-24(25)32)30(35-18-43(41)42,11-8-20-2-3-20)21-9-12-33-13-10-21/h4-7,9-10,12-13,15-16,19-20,26,35H,2-3,8,11,14,17-18H2,1H3,(H,36,39)(H,41,42)(H,34,37,40)/p-1/t19-,26-,30?/m1/s1. The number of carbonyl (C=O) groups is 2. The Hall–Kier alpha value is -3.45. The number of anilines is 2. The average Bonchev–Trinajstić information content (AvgIpc) is 3.74. The maximum atomic E-state index is 15.2. The van der Waals surface area contributed by atoms with Crippen LogP contribution in [0, 0.1) is 17.7 Å². The van der Waals surface area contributed by atoms with Crippen molar-refractivity contribution in [1.29, 1.82) is 0 Å². The highest BCUT2D eigenvalue weighted by Gasteiger charge is 2.39. The Labute approximate surface area is 257 Å². The third-order valence-corrected chi connectivity index (χ3v) is 8.65. The van der Waals surface area contributed by atoms with E-state index in [-0.39, 0.29) is 23.3 Å². The number of likely N-dealkylation sites (tertiary alicyclic amines) is 1. The first-order valence-electron chi connectivity index (χ1n) is 14.2. The molecule has 1 aliphatic heterocycles. The largest absolute Gasteiger partial charge is 0.771 e. The molecule has 0 spiro atoms. The molecule has 13 heteroatoms. The molecule has 3 aromatic rings. The van der Waals surface area contributed by atoms with Crippen molar-refractivity contribution >= 4 is 46.1 Å². The minimum Gasteiger partial charge on any atom is -0.771 e. The van der Waals surface area contributed by atoms with Gasteiger partial charge in [-0.3, -0.25) is 24.6 Å². The molecule has 4 atom stereocenters. The van der Waals surface area contributed by atoms with E-state index in [2.05, 4.69) is 25.9 Å². The van der Waals surface area contributed by atoms with Crippen LogP contribution in [0.4, 0.5) is 20.7 Å². The first-order chi connectivity index (χ1) is 20.6. The quantitative estimate of drug-likeness (QED) is 0.254. The highest BCUT2D eigenvalue weighted by molar-refractivity contribution is 7.79. The predicted octanol–water partition coefficient (Wildman–Crippen LogP) is 5.01. The van der Waals surface area contributed by atoms with Crippen LogP contribution < -0.4 is 16.0 Å². The maximum Gasteiger partial charge on any atom is 0.323 e. The van der Waals surface area contributed by atoms with E-state index in [0.29, 0.717) is 35.9 Å². The first kappa shape index (κ1) is 31.0. The molecular weight excluding hydrogens is 595 g/mol. The summed E-state index contributed by atoms with van der Waals surface area (Å²) in [5.74, 6) is -0.626. The summed E-state index contributed by atoms with van der Waals surface area (Å²) in [4.78, 5) is 36.3. The van der Waals surface area contributed by atoms with Gasteiger partial charge in [0, 0.05) is 25.1 Å². The van der Waals surface area contributed by atoms with Gasteiger partial charge in [0.2, 0.25) is 5.91 Å². The van der Waals surface area contributed by atoms with Crippen molar-refractivity contribution in [2.75, 3.05) is 23.1 Å². The molecule has 0 radical (unpaired) electrons. The fourth-order valence-corrected chi connectivity index (χ4v) is 6.12. The summed E-state index contributed by atoms with van der Waals surface area (Å²) in [5, 5.41) is 9.02. The summed E-state index contributed by atoms with van der Waals surface area (Å²) in [6.07, 6.45) is 8.69. The highest BCUT2D eigenvalue weighted by atomic mass is 35.5. The number of hydrogen-bond acceptors (Lipinski definition) is 7. The second kappa shape index (κ2) is 13.5. The van der Waals surface area contributed by atoms with Crippen molar-refractivity contribution in [3.05, 3.63) is 83.0 Å². The van der Waals surface area contributed by atoms with Crippen LogP contribution in [0.3, 0.4) is 0 Å². The zero-order valence-electron chi connectivity index (χ0n) is 23.6. The molecule has 2 unspecified atom stereocenters. The number of amides is 3. The molecule has 1 aromatic carbocycles. The normalized spacial score (nSPS) is 20.3. The Bertz CT molecular complexity index is 1480. The maximum absolute atomic E-state index is 15.2. The van der Waals surface area contributed by atoms with Crippen LogP contribution in [0.5, 0.6) is 0 Å². The van der Waals surface area contributed by atoms with Gasteiger partial charge in [0.15, 0.2) is 0 Å². The van der Waals surface area contributed by atoms with E-state index in [1.807, 2.05) is 6.92 Å². The van der Waals surface area contributed by atoms with Gasteiger partial charge >= 0.3 is 6.03 Å². The number of carbonyl (C=O) groups excluding carboxylic acids is 2. The molecule has 3 N–H and O–H groups in total. The molecule has 3 heterocycles. The van der Waals surface area contributed by atoms with E-state index >= 15 is 4.39 Å². The Morgan fingerprint density at radius 1 is 1.14 bits per heavy atom. The van der Waals surface area contributed by atoms with Gasteiger partial charge in [0.1, 0.15) is 17.7 Å². The van der Waals surface area contributed by atoms with Crippen molar-refractivity contribution in [2.24, 2.45) is 11.8 Å². The van der Waals surface area contributed by atoms with E-state index in [4.69, 9.17) is 11.6 Å². The van der Waals surface area contributed by atoms with Crippen molar-refractivity contribution in [3.8, 4) is 0 Å². The summed E-state index contributed by atoms with van der Waals surface area (Å²) in [7, 11) is 0. The van der Waals surface area contributed by atoms with Crippen LogP contribution in [0.2, 0.25) is 5.02 Å².